The molecule has 2 heterocycles. The van der Waals surface area contributed by atoms with Crippen LogP contribution in [0.3, 0.4) is 0 Å². The number of benzene rings is 2. The first-order valence-corrected chi connectivity index (χ1v) is 11.3. The van der Waals surface area contributed by atoms with Crippen LogP contribution in [0.25, 0.3) is 22.2 Å². The molecular weight excluding hydrogens is 432 g/mol. The highest BCUT2D eigenvalue weighted by Crippen LogP contribution is 2.30. The van der Waals surface area contributed by atoms with Crippen LogP contribution in [0.15, 0.2) is 58.4 Å². The molecule has 2 aromatic heterocycles. The van der Waals surface area contributed by atoms with Crippen LogP contribution in [0.4, 0.5) is 8.78 Å². The molecule has 0 radical (unpaired) electrons. The fraction of sp³-hybridized carbons (Fsp3) is 0.208. The van der Waals surface area contributed by atoms with Crippen molar-refractivity contribution in [3.63, 3.8) is 0 Å². The Morgan fingerprint density at radius 2 is 1.78 bits per heavy atom. The third-order valence-electron chi connectivity index (χ3n) is 4.61. The molecule has 32 heavy (non-hydrogen) atoms. The number of hydrogen-bond acceptors (Lipinski definition) is 5. The lowest BCUT2D eigenvalue weighted by atomic mass is 10.1. The molecule has 1 N–H and O–H groups in total. The number of thioether (sulfide) groups is 1. The summed E-state index contributed by atoms with van der Waals surface area (Å²) in [7, 11) is 1.56. The van der Waals surface area contributed by atoms with E-state index >= 15 is 0 Å². The molecule has 0 fully saturated rings. The number of halogens is 2. The second-order valence-corrected chi connectivity index (χ2v) is 7.47. The van der Waals surface area contributed by atoms with Gasteiger partial charge in [-0.2, -0.15) is 0 Å². The molecule has 5 nitrogen and oxygen atoms in total. The van der Waals surface area contributed by atoms with Crippen LogP contribution in [-0.2, 0) is 6.42 Å². The monoisotopic (exact) mass is 455 g/mol. The first-order valence-electron chi connectivity index (χ1n) is 10.0. The summed E-state index contributed by atoms with van der Waals surface area (Å²) in [6.07, 6.45) is 3.88. The first-order chi connectivity index (χ1) is 15.5. The topological polar surface area (TPSA) is 67.9 Å². The van der Waals surface area contributed by atoms with Gasteiger partial charge < -0.3 is 9.72 Å². The van der Waals surface area contributed by atoms with Gasteiger partial charge in [0, 0.05) is 24.2 Å². The number of hydrogen-bond donors (Lipinski definition) is 1. The number of aromatic amines is 1. The molecule has 0 saturated carbocycles. The molecule has 4 aromatic rings. The standard InChI is InChI=1S/C22H17F2N3O2S.C2H6/c1-29-19-9-16-18(10-20(19)30-2)26-21(27-22(16)28)5-12-3-4-17(25-11-12)13-6-14(23)8-15(24)7-13;1-2/h3-4,6-11H,5H2,1-2H3,(H,26,27,28);1-2H3. The summed E-state index contributed by atoms with van der Waals surface area (Å²) < 4.78 is 32.2. The highest BCUT2D eigenvalue weighted by Gasteiger charge is 2.11. The molecule has 0 unspecified atom stereocenters. The highest BCUT2D eigenvalue weighted by molar-refractivity contribution is 7.98. The number of aromatic nitrogens is 3. The summed E-state index contributed by atoms with van der Waals surface area (Å²) in [6, 6.07) is 10.3. The molecular formula is C24H23F2N3O2S. The zero-order chi connectivity index (χ0) is 23.3. The average molecular weight is 456 g/mol. The van der Waals surface area contributed by atoms with Crippen molar-refractivity contribution in [3.05, 3.63) is 82.0 Å². The molecule has 0 bridgehead atoms. The van der Waals surface area contributed by atoms with E-state index in [9.17, 15) is 13.6 Å². The average Bonchev–Trinajstić information content (AvgIpc) is 2.79. The number of H-pyrrole nitrogens is 1. The van der Waals surface area contributed by atoms with E-state index in [1.54, 1.807) is 31.5 Å². The number of pyridine rings is 1. The van der Waals surface area contributed by atoms with Gasteiger partial charge in [0.05, 0.1) is 28.6 Å². The van der Waals surface area contributed by atoms with Crippen molar-refractivity contribution in [1.82, 2.24) is 15.0 Å². The molecule has 4 rings (SSSR count). The van der Waals surface area contributed by atoms with Crippen molar-refractivity contribution >= 4 is 22.7 Å². The van der Waals surface area contributed by atoms with Gasteiger partial charge in [0.25, 0.3) is 5.56 Å². The largest absolute Gasteiger partial charge is 0.496 e. The minimum Gasteiger partial charge on any atom is -0.496 e. The van der Waals surface area contributed by atoms with Gasteiger partial charge in [-0.1, -0.05) is 19.9 Å². The maximum Gasteiger partial charge on any atom is 0.258 e. The number of rotatable bonds is 5. The summed E-state index contributed by atoms with van der Waals surface area (Å²) in [5.74, 6) is -0.190. The smallest absolute Gasteiger partial charge is 0.258 e. The molecule has 8 heteroatoms. The predicted molar refractivity (Wildman–Crippen MR) is 124 cm³/mol. The van der Waals surface area contributed by atoms with Crippen molar-refractivity contribution < 1.29 is 13.5 Å². The molecule has 0 aliphatic rings. The Morgan fingerprint density at radius 1 is 1.06 bits per heavy atom. The lowest BCUT2D eigenvalue weighted by molar-refractivity contribution is 0.405. The molecule has 166 valence electrons. The van der Waals surface area contributed by atoms with Crippen molar-refractivity contribution in [2.75, 3.05) is 13.4 Å². The van der Waals surface area contributed by atoms with Crippen LogP contribution >= 0.6 is 11.8 Å². The van der Waals surface area contributed by atoms with Gasteiger partial charge in [-0.15, -0.1) is 11.8 Å². The number of ether oxygens (including phenoxy) is 1. The lowest BCUT2D eigenvalue weighted by Crippen LogP contribution is -2.12. The lowest BCUT2D eigenvalue weighted by Gasteiger charge is -2.09. The normalized spacial score (nSPS) is 10.6. The van der Waals surface area contributed by atoms with Gasteiger partial charge >= 0.3 is 0 Å². The van der Waals surface area contributed by atoms with E-state index in [2.05, 4.69) is 15.0 Å². The Hall–Kier alpha value is -3.26. The van der Waals surface area contributed by atoms with E-state index in [-0.39, 0.29) is 5.56 Å². The van der Waals surface area contributed by atoms with Crippen LogP contribution in [0.2, 0.25) is 0 Å². The molecule has 0 saturated heterocycles. The summed E-state index contributed by atoms with van der Waals surface area (Å²) in [5.41, 5.74) is 1.94. The van der Waals surface area contributed by atoms with Crippen LogP contribution in [0.5, 0.6) is 5.75 Å². The van der Waals surface area contributed by atoms with E-state index in [0.717, 1.165) is 16.5 Å². The minimum atomic E-state index is -0.657. The zero-order valence-electron chi connectivity index (χ0n) is 18.2. The zero-order valence-corrected chi connectivity index (χ0v) is 19.0. The van der Waals surface area contributed by atoms with Crippen LogP contribution in [0.1, 0.15) is 25.2 Å². The van der Waals surface area contributed by atoms with Crippen molar-refractivity contribution in [3.8, 4) is 17.0 Å². The van der Waals surface area contributed by atoms with Gasteiger partial charge in [-0.3, -0.25) is 9.78 Å². The molecule has 0 aliphatic carbocycles. The van der Waals surface area contributed by atoms with E-state index in [0.29, 0.717) is 40.2 Å². The van der Waals surface area contributed by atoms with Crippen LogP contribution < -0.4 is 10.3 Å². The van der Waals surface area contributed by atoms with E-state index in [4.69, 9.17) is 4.74 Å². The van der Waals surface area contributed by atoms with Crippen molar-refractivity contribution in [2.45, 2.75) is 25.2 Å². The van der Waals surface area contributed by atoms with Gasteiger partial charge in [0.2, 0.25) is 0 Å². The van der Waals surface area contributed by atoms with Gasteiger partial charge in [-0.05, 0) is 42.2 Å². The Kier molecular flexibility index (Phi) is 7.58. The van der Waals surface area contributed by atoms with Gasteiger partial charge in [-0.25, -0.2) is 13.8 Å². The molecule has 2 aromatic carbocycles. The van der Waals surface area contributed by atoms with Crippen molar-refractivity contribution in [2.24, 2.45) is 0 Å². The third kappa shape index (κ3) is 5.13. The second-order valence-electron chi connectivity index (χ2n) is 6.62. The van der Waals surface area contributed by atoms with Gasteiger partial charge in [0.15, 0.2) is 0 Å². The molecule has 0 aliphatic heterocycles. The Labute approximate surface area is 188 Å². The van der Waals surface area contributed by atoms with Crippen LogP contribution in [0, 0.1) is 11.6 Å². The molecule has 0 atom stereocenters. The van der Waals surface area contributed by atoms with E-state index in [1.165, 1.54) is 23.9 Å². The fourth-order valence-electron chi connectivity index (χ4n) is 3.19. The minimum absolute atomic E-state index is 0.249. The molecule has 0 amide bonds. The fourth-order valence-corrected chi connectivity index (χ4v) is 3.77. The molecule has 0 spiro atoms. The van der Waals surface area contributed by atoms with E-state index < -0.39 is 11.6 Å². The number of fused-ring (bicyclic) bond motifs is 1. The Morgan fingerprint density at radius 3 is 2.38 bits per heavy atom. The van der Waals surface area contributed by atoms with E-state index in [1.807, 2.05) is 26.2 Å². The Bertz CT molecular complexity index is 1270. The summed E-state index contributed by atoms with van der Waals surface area (Å²) in [4.78, 5) is 25.1. The maximum atomic E-state index is 13.4. The summed E-state index contributed by atoms with van der Waals surface area (Å²) in [6.45, 7) is 4.00. The second kappa shape index (κ2) is 10.4. The first kappa shape index (κ1) is 23.4. The van der Waals surface area contributed by atoms with Gasteiger partial charge in [0.1, 0.15) is 23.2 Å². The number of methoxy groups -OCH3 is 1. The SMILES string of the molecule is CC.COc1cc2c(=O)[nH]c(Cc3ccc(-c4cc(F)cc(F)c4)nc3)nc2cc1SC. The number of nitrogens with zero attached hydrogens (tertiary/aromatic N) is 2. The van der Waals surface area contributed by atoms with Crippen molar-refractivity contribution in [1.29, 1.82) is 0 Å². The van der Waals surface area contributed by atoms with Crippen LogP contribution in [-0.4, -0.2) is 28.3 Å². The third-order valence-corrected chi connectivity index (χ3v) is 5.37. The number of nitrogens with one attached hydrogen (secondary N) is 1. The Balaban J connectivity index is 0.00000141. The quantitative estimate of drug-likeness (QED) is 0.396. The maximum absolute atomic E-state index is 13.4. The summed E-state index contributed by atoms with van der Waals surface area (Å²) >= 11 is 1.51. The summed E-state index contributed by atoms with van der Waals surface area (Å²) in [5, 5.41) is 0.454. The predicted octanol–water partition coefficient (Wildman–Crippen LogP) is 5.61. The highest BCUT2D eigenvalue weighted by atomic mass is 32.2.